The smallest absolute Gasteiger partial charge is 0.00787 e. The van der Waals surface area contributed by atoms with E-state index in [1.165, 1.54) is 38.9 Å². The van der Waals surface area contributed by atoms with Crippen LogP contribution in [0.1, 0.15) is 40.0 Å². The molecule has 0 saturated carbocycles. The predicted octanol–water partition coefficient (Wildman–Crippen LogP) is 2.04. The highest BCUT2D eigenvalue weighted by Crippen LogP contribution is 2.17. The molecule has 1 aliphatic heterocycles. The van der Waals surface area contributed by atoms with Gasteiger partial charge < -0.3 is 15.1 Å². The van der Waals surface area contributed by atoms with E-state index in [0.29, 0.717) is 12.1 Å². The Morgan fingerprint density at radius 3 is 2.67 bits per heavy atom. The maximum Gasteiger partial charge on any atom is 0.00787 e. The quantitative estimate of drug-likeness (QED) is 0.716. The third-order valence-corrected chi connectivity index (χ3v) is 4.23. The first-order chi connectivity index (χ1) is 8.52. The van der Waals surface area contributed by atoms with Crippen LogP contribution >= 0.6 is 0 Å². The molecule has 0 bridgehead atoms. The van der Waals surface area contributed by atoms with Gasteiger partial charge in [-0.05, 0) is 66.2 Å². The van der Waals surface area contributed by atoms with Crippen LogP contribution in [0.3, 0.4) is 0 Å². The van der Waals surface area contributed by atoms with E-state index in [-0.39, 0.29) is 0 Å². The summed E-state index contributed by atoms with van der Waals surface area (Å²) in [5, 5.41) is 3.58. The van der Waals surface area contributed by atoms with Gasteiger partial charge in [-0.2, -0.15) is 0 Å². The summed E-state index contributed by atoms with van der Waals surface area (Å²) in [6.07, 6.45) is 3.85. The molecule has 3 atom stereocenters. The molecule has 0 aromatic rings. The Bertz CT molecular complexity index is 220. The molecular formula is C15H33N3. The fourth-order valence-corrected chi connectivity index (χ4v) is 2.93. The molecule has 1 heterocycles. The van der Waals surface area contributed by atoms with E-state index < -0.39 is 0 Å². The van der Waals surface area contributed by atoms with E-state index in [1.54, 1.807) is 0 Å². The van der Waals surface area contributed by atoms with Gasteiger partial charge in [0, 0.05) is 25.2 Å². The van der Waals surface area contributed by atoms with E-state index in [2.05, 4.69) is 50.0 Å². The number of likely N-dealkylation sites (tertiary alicyclic amines) is 1. The zero-order valence-corrected chi connectivity index (χ0v) is 13.1. The Balaban J connectivity index is 2.21. The van der Waals surface area contributed by atoms with Crippen LogP contribution in [0.4, 0.5) is 0 Å². The van der Waals surface area contributed by atoms with Crippen molar-refractivity contribution < 1.29 is 0 Å². The van der Waals surface area contributed by atoms with Crippen LogP contribution in [0.25, 0.3) is 0 Å². The molecule has 108 valence electrons. The van der Waals surface area contributed by atoms with Crippen LogP contribution in [0.15, 0.2) is 0 Å². The van der Waals surface area contributed by atoms with E-state index in [1.807, 2.05) is 0 Å². The number of nitrogens with zero attached hydrogens (tertiary/aromatic N) is 2. The van der Waals surface area contributed by atoms with E-state index >= 15 is 0 Å². The molecule has 0 radical (unpaired) electrons. The number of hydrogen-bond donors (Lipinski definition) is 1. The molecule has 0 aromatic carbocycles. The van der Waals surface area contributed by atoms with Crippen LogP contribution in [0, 0.1) is 5.92 Å². The molecule has 3 unspecified atom stereocenters. The maximum atomic E-state index is 3.58. The van der Waals surface area contributed by atoms with Gasteiger partial charge in [-0.3, -0.25) is 0 Å². The van der Waals surface area contributed by atoms with Crippen LogP contribution < -0.4 is 5.32 Å². The molecule has 1 rings (SSSR count). The van der Waals surface area contributed by atoms with Gasteiger partial charge in [0.25, 0.3) is 0 Å². The predicted molar refractivity (Wildman–Crippen MR) is 80.1 cm³/mol. The average molecular weight is 255 g/mol. The first-order valence-corrected chi connectivity index (χ1v) is 7.65. The normalized spacial score (nSPS) is 24.7. The van der Waals surface area contributed by atoms with Gasteiger partial charge in [-0.15, -0.1) is 0 Å². The van der Waals surface area contributed by atoms with Gasteiger partial charge in [0.05, 0.1) is 0 Å². The Morgan fingerprint density at radius 1 is 1.39 bits per heavy atom. The molecule has 0 aliphatic carbocycles. The highest BCUT2D eigenvalue weighted by atomic mass is 15.2. The molecule has 0 aromatic heterocycles. The summed E-state index contributed by atoms with van der Waals surface area (Å²) in [5.41, 5.74) is 0. The van der Waals surface area contributed by atoms with E-state index in [9.17, 15) is 0 Å². The van der Waals surface area contributed by atoms with E-state index in [0.717, 1.165) is 12.5 Å². The SMILES string of the molecule is CCCNC(C)CC(C)N(C)CC1CCN(C)C1. The summed E-state index contributed by atoms with van der Waals surface area (Å²) >= 11 is 0. The van der Waals surface area contributed by atoms with Crippen molar-refractivity contribution in [1.29, 1.82) is 0 Å². The van der Waals surface area contributed by atoms with Crippen LogP contribution in [0.2, 0.25) is 0 Å². The van der Waals surface area contributed by atoms with Crippen molar-refractivity contribution in [2.45, 2.75) is 52.1 Å². The second kappa shape index (κ2) is 8.13. The summed E-state index contributed by atoms with van der Waals surface area (Å²) in [7, 11) is 4.52. The molecule has 18 heavy (non-hydrogen) atoms. The van der Waals surface area contributed by atoms with Gasteiger partial charge in [-0.25, -0.2) is 0 Å². The molecule has 1 N–H and O–H groups in total. The molecule has 3 nitrogen and oxygen atoms in total. The van der Waals surface area contributed by atoms with Crippen molar-refractivity contribution in [3.63, 3.8) is 0 Å². The highest BCUT2D eigenvalue weighted by molar-refractivity contribution is 4.78. The minimum absolute atomic E-state index is 0.633. The van der Waals surface area contributed by atoms with Crippen LogP contribution in [-0.2, 0) is 0 Å². The lowest BCUT2D eigenvalue weighted by molar-refractivity contribution is 0.198. The summed E-state index contributed by atoms with van der Waals surface area (Å²) in [6.45, 7) is 11.9. The third kappa shape index (κ3) is 5.68. The Kier molecular flexibility index (Phi) is 7.20. The second-order valence-corrected chi connectivity index (χ2v) is 6.30. The van der Waals surface area contributed by atoms with Crippen molar-refractivity contribution in [1.82, 2.24) is 15.1 Å². The summed E-state index contributed by atoms with van der Waals surface area (Å²) in [4.78, 5) is 5.00. The highest BCUT2D eigenvalue weighted by Gasteiger charge is 2.22. The van der Waals surface area contributed by atoms with Gasteiger partial charge in [0.2, 0.25) is 0 Å². The van der Waals surface area contributed by atoms with Crippen molar-refractivity contribution in [3.8, 4) is 0 Å². The molecular weight excluding hydrogens is 222 g/mol. The van der Waals surface area contributed by atoms with Crippen molar-refractivity contribution in [3.05, 3.63) is 0 Å². The monoisotopic (exact) mass is 255 g/mol. The average Bonchev–Trinajstić information content (AvgIpc) is 2.72. The Hall–Kier alpha value is -0.120. The summed E-state index contributed by atoms with van der Waals surface area (Å²) in [6, 6.07) is 1.31. The molecule has 3 heteroatoms. The molecule has 1 aliphatic rings. The fraction of sp³-hybridized carbons (Fsp3) is 1.00. The number of hydrogen-bond acceptors (Lipinski definition) is 3. The summed E-state index contributed by atoms with van der Waals surface area (Å²) < 4.78 is 0. The minimum Gasteiger partial charge on any atom is -0.314 e. The molecule has 1 fully saturated rings. The third-order valence-electron chi connectivity index (χ3n) is 4.23. The lowest BCUT2D eigenvalue weighted by Gasteiger charge is -2.29. The Labute approximate surface area is 114 Å². The lowest BCUT2D eigenvalue weighted by atomic mass is 10.0. The van der Waals surface area contributed by atoms with Crippen molar-refractivity contribution >= 4 is 0 Å². The van der Waals surface area contributed by atoms with Crippen molar-refractivity contribution in [2.24, 2.45) is 5.92 Å². The van der Waals surface area contributed by atoms with Crippen LogP contribution in [-0.4, -0.2) is 62.2 Å². The topological polar surface area (TPSA) is 18.5 Å². The maximum absolute atomic E-state index is 3.58. The van der Waals surface area contributed by atoms with Gasteiger partial charge in [0.1, 0.15) is 0 Å². The standard InChI is InChI=1S/C15H33N3/c1-6-8-16-13(2)10-14(3)18(5)12-15-7-9-17(4)11-15/h13-16H,6-12H2,1-5H3. The number of rotatable bonds is 8. The molecule has 1 saturated heterocycles. The molecule has 0 spiro atoms. The van der Waals surface area contributed by atoms with Gasteiger partial charge in [0.15, 0.2) is 0 Å². The Morgan fingerprint density at radius 2 is 2.11 bits per heavy atom. The van der Waals surface area contributed by atoms with E-state index in [4.69, 9.17) is 0 Å². The van der Waals surface area contributed by atoms with Gasteiger partial charge in [-0.1, -0.05) is 6.92 Å². The first kappa shape index (κ1) is 15.9. The second-order valence-electron chi connectivity index (χ2n) is 6.30. The zero-order chi connectivity index (χ0) is 13.5. The lowest BCUT2D eigenvalue weighted by Crippen LogP contribution is -2.39. The zero-order valence-electron chi connectivity index (χ0n) is 13.1. The van der Waals surface area contributed by atoms with Crippen molar-refractivity contribution in [2.75, 3.05) is 40.3 Å². The minimum atomic E-state index is 0.633. The van der Waals surface area contributed by atoms with Gasteiger partial charge >= 0.3 is 0 Å². The fourth-order valence-electron chi connectivity index (χ4n) is 2.93. The first-order valence-electron chi connectivity index (χ1n) is 7.65. The van der Waals surface area contributed by atoms with Crippen LogP contribution in [0.5, 0.6) is 0 Å². The summed E-state index contributed by atoms with van der Waals surface area (Å²) in [5.74, 6) is 0.876. The molecule has 0 amide bonds. The largest absolute Gasteiger partial charge is 0.314 e. The number of nitrogens with one attached hydrogen (secondary N) is 1.